The Labute approximate surface area is 119 Å². The second kappa shape index (κ2) is 6.33. The lowest BCUT2D eigenvalue weighted by molar-refractivity contribution is 0.0950. The van der Waals surface area contributed by atoms with Crippen LogP contribution in [0, 0.1) is 0 Å². The molecule has 1 aromatic carbocycles. The van der Waals surface area contributed by atoms with Crippen LogP contribution in [0.15, 0.2) is 47.2 Å². The zero-order chi connectivity index (χ0) is 13.7. The van der Waals surface area contributed by atoms with Crippen molar-refractivity contribution in [2.24, 2.45) is 0 Å². The van der Waals surface area contributed by atoms with Crippen LogP contribution < -0.4 is 10.1 Å². The molecule has 98 valence electrons. The monoisotopic (exact) mass is 320 g/mol. The number of aromatic nitrogens is 1. The third kappa shape index (κ3) is 3.54. The standard InChI is InChI=1S/C14H13BrN2O2/c1-19-12-6-11(7-16-9-12)14(18)17-8-10-4-2-3-5-13(10)15/h2-7,9H,8H2,1H3,(H,17,18). The van der Waals surface area contributed by atoms with Gasteiger partial charge in [0, 0.05) is 17.2 Å². The molecule has 0 aliphatic rings. The van der Waals surface area contributed by atoms with Crippen molar-refractivity contribution in [3.8, 4) is 5.75 Å². The zero-order valence-electron chi connectivity index (χ0n) is 10.4. The zero-order valence-corrected chi connectivity index (χ0v) is 12.0. The molecule has 0 aliphatic heterocycles. The van der Waals surface area contributed by atoms with Gasteiger partial charge in [-0.2, -0.15) is 0 Å². The van der Waals surface area contributed by atoms with Gasteiger partial charge in [-0.1, -0.05) is 34.1 Å². The molecule has 1 N–H and O–H groups in total. The number of halogens is 1. The SMILES string of the molecule is COc1cncc(C(=O)NCc2ccccc2Br)c1. The van der Waals surface area contributed by atoms with Gasteiger partial charge in [-0.15, -0.1) is 0 Å². The summed E-state index contributed by atoms with van der Waals surface area (Å²) < 4.78 is 6.01. The summed E-state index contributed by atoms with van der Waals surface area (Å²) in [5, 5.41) is 2.84. The third-order valence-corrected chi connectivity index (χ3v) is 3.38. The lowest BCUT2D eigenvalue weighted by Gasteiger charge is -2.07. The minimum Gasteiger partial charge on any atom is -0.495 e. The van der Waals surface area contributed by atoms with E-state index in [4.69, 9.17) is 4.74 Å². The number of rotatable bonds is 4. The van der Waals surface area contributed by atoms with E-state index in [1.807, 2.05) is 24.3 Å². The number of hydrogen-bond acceptors (Lipinski definition) is 3. The summed E-state index contributed by atoms with van der Waals surface area (Å²) in [4.78, 5) is 15.9. The lowest BCUT2D eigenvalue weighted by atomic mass is 10.2. The predicted octanol–water partition coefficient (Wildman–Crippen LogP) is 2.78. The third-order valence-electron chi connectivity index (χ3n) is 2.61. The van der Waals surface area contributed by atoms with Crippen LogP contribution in [-0.2, 0) is 6.54 Å². The largest absolute Gasteiger partial charge is 0.495 e. The molecule has 0 saturated carbocycles. The highest BCUT2D eigenvalue weighted by Crippen LogP contribution is 2.16. The Bertz CT molecular complexity index is 587. The number of pyridine rings is 1. The first-order valence-corrected chi connectivity index (χ1v) is 6.50. The predicted molar refractivity (Wildman–Crippen MR) is 76.1 cm³/mol. The van der Waals surface area contributed by atoms with E-state index in [9.17, 15) is 4.79 Å². The second-order valence-corrected chi connectivity index (χ2v) is 4.74. The molecule has 19 heavy (non-hydrogen) atoms. The Morgan fingerprint density at radius 3 is 2.89 bits per heavy atom. The summed E-state index contributed by atoms with van der Waals surface area (Å²) in [7, 11) is 1.54. The number of methoxy groups -OCH3 is 1. The average Bonchev–Trinajstić information content (AvgIpc) is 2.46. The fourth-order valence-corrected chi connectivity index (χ4v) is 2.00. The van der Waals surface area contributed by atoms with Crippen LogP contribution in [0.3, 0.4) is 0 Å². The summed E-state index contributed by atoms with van der Waals surface area (Å²) in [6, 6.07) is 9.41. The molecule has 0 fully saturated rings. The number of carbonyl (C=O) groups excluding carboxylic acids is 1. The molecule has 2 aromatic rings. The number of hydrogen-bond donors (Lipinski definition) is 1. The van der Waals surface area contributed by atoms with E-state index >= 15 is 0 Å². The van der Waals surface area contributed by atoms with Crippen LogP contribution in [0.25, 0.3) is 0 Å². The second-order valence-electron chi connectivity index (χ2n) is 3.89. The quantitative estimate of drug-likeness (QED) is 0.942. The first kappa shape index (κ1) is 13.5. The van der Waals surface area contributed by atoms with Crippen molar-refractivity contribution in [2.75, 3.05) is 7.11 Å². The van der Waals surface area contributed by atoms with Crippen molar-refractivity contribution in [2.45, 2.75) is 6.54 Å². The molecule has 0 atom stereocenters. The summed E-state index contributed by atoms with van der Waals surface area (Å²) >= 11 is 3.44. The lowest BCUT2D eigenvalue weighted by Crippen LogP contribution is -2.23. The Balaban J connectivity index is 2.03. The fraction of sp³-hybridized carbons (Fsp3) is 0.143. The molecule has 0 aliphatic carbocycles. The van der Waals surface area contributed by atoms with Crippen molar-refractivity contribution in [1.29, 1.82) is 0 Å². The van der Waals surface area contributed by atoms with Gasteiger partial charge in [-0.05, 0) is 17.7 Å². The Kier molecular flexibility index (Phi) is 4.52. The molecule has 1 amide bonds. The Morgan fingerprint density at radius 1 is 1.37 bits per heavy atom. The Morgan fingerprint density at radius 2 is 2.16 bits per heavy atom. The number of nitrogens with zero attached hydrogens (tertiary/aromatic N) is 1. The fourth-order valence-electron chi connectivity index (χ4n) is 1.57. The highest BCUT2D eigenvalue weighted by atomic mass is 79.9. The molecule has 4 nitrogen and oxygen atoms in total. The van der Waals surface area contributed by atoms with Crippen LogP contribution in [0.5, 0.6) is 5.75 Å². The number of ether oxygens (including phenoxy) is 1. The van der Waals surface area contributed by atoms with Crippen LogP contribution >= 0.6 is 15.9 Å². The van der Waals surface area contributed by atoms with Gasteiger partial charge < -0.3 is 10.1 Å². The molecule has 2 rings (SSSR count). The molecule has 1 aromatic heterocycles. The van der Waals surface area contributed by atoms with Crippen LogP contribution in [0.2, 0.25) is 0 Å². The maximum atomic E-state index is 12.0. The number of carbonyl (C=O) groups is 1. The topological polar surface area (TPSA) is 51.2 Å². The smallest absolute Gasteiger partial charge is 0.253 e. The maximum absolute atomic E-state index is 12.0. The van der Waals surface area contributed by atoms with Gasteiger partial charge in [0.05, 0.1) is 18.9 Å². The molecule has 0 unspecified atom stereocenters. The molecule has 5 heteroatoms. The van der Waals surface area contributed by atoms with Crippen molar-refractivity contribution in [3.63, 3.8) is 0 Å². The summed E-state index contributed by atoms with van der Waals surface area (Å²) in [6.45, 7) is 0.456. The van der Waals surface area contributed by atoms with Crippen molar-refractivity contribution in [3.05, 3.63) is 58.3 Å². The Hall–Kier alpha value is -1.88. The van der Waals surface area contributed by atoms with Gasteiger partial charge in [-0.25, -0.2) is 0 Å². The van der Waals surface area contributed by atoms with Crippen LogP contribution in [-0.4, -0.2) is 18.0 Å². The van der Waals surface area contributed by atoms with Gasteiger partial charge in [0.25, 0.3) is 5.91 Å². The summed E-state index contributed by atoms with van der Waals surface area (Å²) in [6.07, 6.45) is 3.07. The van der Waals surface area contributed by atoms with Gasteiger partial charge in [0.2, 0.25) is 0 Å². The minimum atomic E-state index is -0.179. The van der Waals surface area contributed by atoms with Crippen LogP contribution in [0.4, 0.5) is 0 Å². The highest BCUT2D eigenvalue weighted by Gasteiger charge is 2.07. The van der Waals surface area contributed by atoms with E-state index in [1.165, 1.54) is 6.20 Å². The molecular formula is C14H13BrN2O2. The maximum Gasteiger partial charge on any atom is 0.253 e. The molecule has 0 bridgehead atoms. The van der Waals surface area contributed by atoms with Gasteiger partial charge in [0.15, 0.2) is 0 Å². The van der Waals surface area contributed by atoms with Crippen molar-refractivity contribution in [1.82, 2.24) is 10.3 Å². The summed E-state index contributed by atoms with van der Waals surface area (Å²) in [5.74, 6) is 0.385. The van der Waals surface area contributed by atoms with Gasteiger partial charge >= 0.3 is 0 Å². The molecule has 0 spiro atoms. The first-order valence-electron chi connectivity index (χ1n) is 5.71. The van der Waals surface area contributed by atoms with Crippen molar-refractivity contribution >= 4 is 21.8 Å². The van der Waals surface area contributed by atoms with Gasteiger partial charge in [0.1, 0.15) is 5.75 Å². The van der Waals surface area contributed by atoms with E-state index in [2.05, 4.69) is 26.2 Å². The number of amides is 1. The van der Waals surface area contributed by atoms with E-state index < -0.39 is 0 Å². The minimum absolute atomic E-state index is 0.179. The normalized spacial score (nSPS) is 10.0. The van der Waals surface area contributed by atoms with Crippen molar-refractivity contribution < 1.29 is 9.53 Å². The van der Waals surface area contributed by atoms with Gasteiger partial charge in [-0.3, -0.25) is 9.78 Å². The van der Waals surface area contributed by atoms with E-state index in [1.54, 1.807) is 19.4 Å². The summed E-state index contributed by atoms with van der Waals surface area (Å²) in [5.41, 5.74) is 1.50. The number of nitrogens with one attached hydrogen (secondary N) is 1. The molecule has 1 heterocycles. The first-order chi connectivity index (χ1) is 9.20. The average molecular weight is 321 g/mol. The molecule has 0 radical (unpaired) electrons. The molecular weight excluding hydrogens is 308 g/mol. The van der Waals surface area contributed by atoms with E-state index in [-0.39, 0.29) is 5.91 Å². The highest BCUT2D eigenvalue weighted by molar-refractivity contribution is 9.10. The van der Waals surface area contributed by atoms with E-state index in [0.29, 0.717) is 17.9 Å². The van der Waals surface area contributed by atoms with E-state index in [0.717, 1.165) is 10.0 Å². The number of benzene rings is 1. The van der Waals surface area contributed by atoms with Crippen LogP contribution in [0.1, 0.15) is 15.9 Å². The molecule has 0 saturated heterocycles.